The highest BCUT2D eigenvalue weighted by Crippen LogP contribution is 2.23. The van der Waals surface area contributed by atoms with E-state index in [2.05, 4.69) is 39.0 Å². The third kappa shape index (κ3) is 4.33. The van der Waals surface area contributed by atoms with Gasteiger partial charge in [-0.15, -0.1) is 0 Å². The van der Waals surface area contributed by atoms with Gasteiger partial charge in [0.2, 0.25) is 0 Å². The maximum absolute atomic E-state index is 12.3. The maximum Gasteiger partial charge on any atom is 0.317 e. The van der Waals surface area contributed by atoms with Gasteiger partial charge in [-0.05, 0) is 47.4 Å². The van der Waals surface area contributed by atoms with Crippen LogP contribution in [0.2, 0.25) is 0 Å². The summed E-state index contributed by atoms with van der Waals surface area (Å²) in [5, 5.41) is 7.35. The summed E-state index contributed by atoms with van der Waals surface area (Å²) >= 11 is 1.74. The highest BCUT2D eigenvalue weighted by molar-refractivity contribution is 7.07. The molecule has 0 aliphatic carbocycles. The SMILES string of the molecule is CC(c1ccsc1)N1CCN(C(=O)NCCc2cccnc2)CC1. The summed E-state index contributed by atoms with van der Waals surface area (Å²) in [7, 11) is 0. The highest BCUT2D eigenvalue weighted by atomic mass is 32.1. The summed E-state index contributed by atoms with van der Waals surface area (Å²) in [6.07, 6.45) is 4.42. The Morgan fingerprint density at radius 3 is 2.83 bits per heavy atom. The van der Waals surface area contributed by atoms with Gasteiger partial charge in [-0.25, -0.2) is 4.79 Å². The first-order valence-corrected chi connectivity index (χ1v) is 9.36. The molecule has 1 saturated heterocycles. The Kier molecular flexibility index (Phi) is 5.82. The first-order chi connectivity index (χ1) is 11.7. The first-order valence-electron chi connectivity index (χ1n) is 8.42. The average molecular weight is 344 g/mol. The van der Waals surface area contributed by atoms with Crippen LogP contribution in [0.3, 0.4) is 0 Å². The lowest BCUT2D eigenvalue weighted by molar-refractivity contribution is 0.114. The minimum Gasteiger partial charge on any atom is -0.338 e. The van der Waals surface area contributed by atoms with Crippen molar-refractivity contribution in [3.05, 3.63) is 52.5 Å². The van der Waals surface area contributed by atoms with Gasteiger partial charge in [0.15, 0.2) is 0 Å². The molecule has 6 heteroatoms. The van der Waals surface area contributed by atoms with E-state index in [1.165, 1.54) is 5.56 Å². The van der Waals surface area contributed by atoms with E-state index in [1.54, 1.807) is 17.5 Å². The molecule has 1 unspecified atom stereocenters. The van der Waals surface area contributed by atoms with Gasteiger partial charge < -0.3 is 10.2 Å². The van der Waals surface area contributed by atoms with E-state index in [0.717, 1.165) is 38.2 Å². The number of nitrogens with one attached hydrogen (secondary N) is 1. The topological polar surface area (TPSA) is 48.5 Å². The van der Waals surface area contributed by atoms with E-state index < -0.39 is 0 Å². The molecule has 2 aromatic rings. The minimum atomic E-state index is 0.0433. The molecule has 1 atom stereocenters. The molecule has 1 N–H and O–H groups in total. The number of rotatable bonds is 5. The van der Waals surface area contributed by atoms with Crippen LogP contribution in [0.15, 0.2) is 41.4 Å². The van der Waals surface area contributed by atoms with Crippen molar-refractivity contribution < 1.29 is 4.79 Å². The molecular formula is C18H24N4OS. The van der Waals surface area contributed by atoms with E-state index in [-0.39, 0.29) is 6.03 Å². The fourth-order valence-corrected chi connectivity index (χ4v) is 3.75. The lowest BCUT2D eigenvalue weighted by Gasteiger charge is -2.37. The number of nitrogens with zero attached hydrogens (tertiary/aromatic N) is 3. The summed E-state index contributed by atoms with van der Waals surface area (Å²) in [5.41, 5.74) is 2.52. The molecule has 0 spiro atoms. The van der Waals surface area contributed by atoms with Gasteiger partial charge in [0.25, 0.3) is 0 Å². The molecule has 0 radical (unpaired) electrons. The van der Waals surface area contributed by atoms with Crippen molar-refractivity contribution in [1.82, 2.24) is 20.1 Å². The molecular weight excluding hydrogens is 320 g/mol. The second-order valence-corrected chi connectivity index (χ2v) is 6.88. The van der Waals surface area contributed by atoms with Crippen LogP contribution in [0, 0.1) is 0 Å². The normalized spacial score (nSPS) is 16.8. The maximum atomic E-state index is 12.3. The number of hydrogen-bond donors (Lipinski definition) is 1. The van der Waals surface area contributed by atoms with Gasteiger partial charge in [0.1, 0.15) is 0 Å². The highest BCUT2D eigenvalue weighted by Gasteiger charge is 2.24. The molecule has 3 heterocycles. The predicted molar refractivity (Wildman–Crippen MR) is 97.2 cm³/mol. The zero-order chi connectivity index (χ0) is 16.8. The molecule has 128 valence electrons. The van der Waals surface area contributed by atoms with Gasteiger partial charge >= 0.3 is 6.03 Å². The smallest absolute Gasteiger partial charge is 0.317 e. The van der Waals surface area contributed by atoms with Crippen molar-refractivity contribution in [3.63, 3.8) is 0 Å². The van der Waals surface area contributed by atoms with Crippen molar-refractivity contribution >= 4 is 17.4 Å². The Balaban J connectivity index is 1.40. The number of hydrogen-bond acceptors (Lipinski definition) is 4. The molecule has 24 heavy (non-hydrogen) atoms. The molecule has 0 saturated carbocycles. The second-order valence-electron chi connectivity index (χ2n) is 6.10. The third-order valence-corrected chi connectivity index (χ3v) is 5.29. The Morgan fingerprint density at radius 2 is 2.17 bits per heavy atom. The van der Waals surface area contributed by atoms with Crippen LogP contribution in [0.25, 0.3) is 0 Å². The number of thiophene rings is 1. The second kappa shape index (κ2) is 8.26. The lowest BCUT2D eigenvalue weighted by atomic mass is 10.1. The van der Waals surface area contributed by atoms with Gasteiger partial charge in [-0.1, -0.05) is 6.07 Å². The van der Waals surface area contributed by atoms with E-state index in [4.69, 9.17) is 0 Å². The summed E-state index contributed by atoms with van der Waals surface area (Å²) in [5.74, 6) is 0. The number of amides is 2. The Labute approximate surface area is 147 Å². The average Bonchev–Trinajstić information content (AvgIpc) is 3.17. The Morgan fingerprint density at radius 1 is 1.33 bits per heavy atom. The predicted octanol–water partition coefficient (Wildman–Crippen LogP) is 2.77. The number of aromatic nitrogens is 1. The third-order valence-electron chi connectivity index (χ3n) is 4.59. The van der Waals surface area contributed by atoms with Crippen molar-refractivity contribution in [2.75, 3.05) is 32.7 Å². The van der Waals surface area contributed by atoms with Gasteiger partial charge in [0.05, 0.1) is 0 Å². The molecule has 1 aliphatic heterocycles. The zero-order valence-electron chi connectivity index (χ0n) is 14.0. The van der Waals surface area contributed by atoms with E-state index in [9.17, 15) is 4.79 Å². The number of carbonyl (C=O) groups excluding carboxylic acids is 1. The monoisotopic (exact) mass is 344 g/mol. The molecule has 3 rings (SSSR count). The van der Waals surface area contributed by atoms with Crippen molar-refractivity contribution in [2.45, 2.75) is 19.4 Å². The minimum absolute atomic E-state index is 0.0433. The van der Waals surface area contributed by atoms with Crippen LogP contribution >= 0.6 is 11.3 Å². The van der Waals surface area contributed by atoms with E-state index >= 15 is 0 Å². The van der Waals surface area contributed by atoms with Gasteiger partial charge in [-0.3, -0.25) is 9.88 Å². The summed E-state index contributed by atoms with van der Waals surface area (Å²) in [6, 6.07) is 6.61. The fourth-order valence-electron chi connectivity index (χ4n) is 3.01. The standard InChI is InChI=1S/C18H24N4OS/c1-15(17-5-12-24-14-17)21-8-10-22(11-9-21)18(23)20-7-4-16-3-2-6-19-13-16/h2-3,5-6,12-15H,4,7-11H2,1H3,(H,20,23). The zero-order valence-corrected chi connectivity index (χ0v) is 14.8. The van der Waals surface area contributed by atoms with E-state index in [1.807, 2.05) is 23.2 Å². The largest absolute Gasteiger partial charge is 0.338 e. The van der Waals surface area contributed by atoms with Gasteiger partial charge in [-0.2, -0.15) is 11.3 Å². The fraction of sp³-hybridized carbons (Fsp3) is 0.444. The van der Waals surface area contributed by atoms with Crippen molar-refractivity contribution in [1.29, 1.82) is 0 Å². The van der Waals surface area contributed by atoms with Gasteiger partial charge in [0, 0.05) is 51.2 Å². The van der Waals surface area contributed by atoms with Crippen LogP contribution in [0.5, 0.6) is 0 Å². The summed E-state index contributed by atoms with van der Waals surface area (Å²) < 4.78 is 0. The molecule has 2 amide bonds. The molecule has 1 aliphatic rings. The number of piperazine rings is 1. The number of urea groups is 1. The van der Waals surface area contributed by atoms with E-state index in [0.29, 0.717) is 12.6 Å². The van der Waals surface area contributed by atoms with Crippen LogP contribution in [-0.2, 0) is 6.42 Å². The van der Waals surface area contributed by atoms with Crippen molar-refractivity contribution in [3.8, 4) is 0 Å². The molecule has 0 aromatic carbocycles. The molecule has 5 nitrogen and oxygen atoms in total. The number of pyridine rings is 1. The quantitative estimate of drug-likeness (QED) is 0.907. The molecule has 2 aromatic heterocycles. The number of carbonyl (C=O) groups is 1. The van der Waals surface area contributed by atoms with Crippen molar-refractivity contribution in [2.24, 2.45) is 0 Å². The molecule has 1 fully saturated rings. The Bertz CT molecular complexity index is 624. The van der Waals surface area contributed by atoms with Crippen LogP contribution < -0.4 is 5.32 Å². The van der Waals surface area contributed by atoms with Crippen LogP contribution in [0.4, 0.5) is 4.79 Å². The van der Waals surface area contributed by atoms with Crippen LogP contribution in [0.1, 0.15) is 24.1 Å². The first kappa shape index (κ1) is 16.9. The summed E-state index contributed by atoms with van der Waals surface area (Å²) in [4.78, 5) is 20.7. The Hall–Kier alpha value is -1.92. The summed E-state index contributed by atoms with van der Waals surface area (Å²) in [6.45, 7) is 6.31. The lowest BCUT2D eigenvalue weighted by Crippen LogP contribution is -2.52. The molecule has 0 bridgehead atoms. The van der Waals surface area contributed by atoms with Crippen LogP contribution in [-0.4, -0.2) is 53.5 Å².